The highest BCUT2D eigenvalue weighted by Crippen LogP contribution is 2.27. The molecule has 1 saturated carbocycles. The fourth-order valence-electron chi connectivity index (χ4n) is 5.06. The molecule has 4 rings (SSSR count). The van der Waals surface area contributed by atoms with E-state index in [1.54, 1.807) is 20.9 Å². The van der Waals surface area contributed by atoms with Crippen molar-refractivity contribution in [3.8, 4) is 0 Å². The second-order valence-electron chi connectivity index (χ2n) is 9.61. The van der Waals surface area contributed by atoms with Crippen molar-refractivity contribution in [3.05, 3.63) is 75.2 Å². The van der Waals surface area contributed by atoms with E-state index in [4.69, 9.17) is 0 Å². The molecular formula is C28H36N4O2S. The van der Waals surface area contributed by atoms with Gasteiger partial charge in [0.2, 0.25) is 11.8 Å². The van der Waals surface area contributed by atoms with Gasteiger partial charge < -0.3 is 10.2 Å². The minimum Gasteiger partial charge on any atom is -0.351 e. The highest BCUT2D eigenvalue weighted by Gasteiger charge is 2.35. The van der Waals surface area contributed by atoms with E-state index in [1.165, 1.54) is 17.5 Å². The van der Waals surface area contributed by atoms with E-state index < -0.39 is 6.04 Å². The van der Waals surface area contributed by atoms with E-state index in [0.717, 1.165) is 41.8 Å². The minimum absolute atomic E-state index is 0.0342. The molecule has 1 fully saturated rings. The fourth-order valence-corrected chi connectivity index (χ4v) is 5.75. The monoisotopic (exact) mass is 492 g/mol. The normalized spacial score (nSPS) is 15.1. The first-order chi connectivity index (χ1) is 16.9. The average molecular weight is 493 g/mol. The number of carbonyl (C=O) groups is 2. The van der Waals surface area contributed by atoms with Crippen LogP contribution in [0.2, 0.25) is 0 Å². The SMILES string of the molecule is Cc1ccccc1CCN(C(=O)Cc1cccs1)[C@H](C(=O)NC1CCCCC1)c1cn(C)nc1C. The first-order valence-electron chi connectivity index (χ1n) is 12.6. The summed E-state index contributed by atoms with van der Waals surface area (Å²) in [5.74, 6) is -0.134. The zero-order chi connectivity index (χ0) is 24.8. The fraction of sp³-hybridized carbons (Fsp3) is 0.464. The maximum atomic E-state index is 13.9. The van der Waals surface area contributed by atoms with Gasteiger partial charge in [-0.2, -0.15) is 5.10 Å². The first-order valence-corrected chi connectivity index (χ1v) is 13.5. The molecular weight excluding hydrogens is 456 g/mol. The van der Waals surface area contributed by atoms with Gasteiger partial charge >= 0.3 is 0 Å². The number of amides is 2. The summed E-state index contributed by atoms with van der Waals surface area (Å²) in [4.78, 5) is 30.4. The van der Waals surface area contributed by atoms with Gasteiger partial charge in [0.25, 0.3) is 0 Å². The number of nitrogens with zero attached hydrogens (tertiary/aromatic N) is 3. The van der Waals surface area contributed by atoms with Gasteiger partial charge in [0, 0.05) is 36.3 Å². The van der Waals surface area contributed by atoms with E-state index in [0.29, 0.717) is 13.0 Å². The number of carbonyl (C=O) groups excluding carboxylic acids is 2. The molecule has 1 aromatic carbocycles. The van der Waals surface area contributed by atoms with Crippen LogP contribution < -0.4 is 5.32 Å². The van der Waals surface area contributed by atoms with Gasteiger partial charge in [-0.25, -0.2) is 0 Å². The quantitative estimate of drug-likeness (QED) is 0.462. The Labute approximate surface area is 212 Å². The van der Waals surface area contributed by atoms with Crippen LogP contribution in [0.15, 0.2) is 48.0 Å². The summed E-state index contributed by atoms with van der Waals surface area (Å²) < 4.78 is 1.73. The largest absolute Gasteiger partial charge is 0.351 e. The highest BCUT2D eigenvalue weighted by atomic mass is 32.1. The molecule has 35 heavy (non-hydrogen) atoms. The Morgan fingerprint density at radius 1 is 1.14 bits per heavy atom. The van der Waals surface area contributed by atoms with Crippen LogP contribution in [0.1, 0.15) is 65.4 Å². The Morgan fingerprint density at radius 2 is 1.91 bits per heavy atom. The van der Waals surface area contributed by atoms with Crippen LogP contribution >= 0.6 is 11.3 Å². The standard InChI is InChI=1S/C28H36N4O2S/c1-20-10-7-8-11-22(20)15-16-32(26(33)18-24-14-9-17-35-24)27(25-19-31(3)30-21(25)2)28(34)29-23-12-5-4-6-13-23/h7-11,14,17,19,23,27H,4-6,12-13,15-16,18H2,1-3H3,(H,29,34)/t27-/m0/s1. The Hall–Kier alpha value is -2.93. The lowest BCUT2D eigenvalue weighted by atomic mass is 9.94. The van der Waals surface area contributed by atoms with E-state index in [2.05, 4.69) is 29.5 Å². The second kappa shape index (κ2) is 11.7. The third kappa shape index (κ3) is 6.40. The molecule has 0 unspecified atom stereocenters. The molecule has 7 heteroatoms. The van der Waals surface area contributed by atoms with E-state index in [1.807, 2.05) is 49.8 Å². The number of hydrogen-bond acceptors (Lipinski definition) is 4. The number of hydrogen-bond donors (Lipinski definition) is 1. The van der Waals surface area contributed by atoms with E-state index in [9.17, 15) is 9.59 Å². The van der Waals surface area contributed by atoms with Crippen LogP contribution in [0, 0.1) is 13.8 Å². The van der Waals surface area contributed by atoms with Crippen molar-refractivity contribution in [2.75, 3.05) is 6.54 Å². The van der Waals surface area contributed by atoms with Crippen LogP contribution in [0.5, 0.6) is 0 Å². The molecule has 2 aromatic heterocycles. The molecule has 0 saturated heterocycles. The lowest BCUT2D eigenvalue weighted by molar-refractivity contribution is -0.140. The summed E-state index contributed by atoms with van der Waals surface area (Å²) in [5.41, 5.74) is 3.96. The smallest absolute Gasteiger partial charge is 0.247 e. The van der Waals surface area contributed by atoms with Gasteiger partial charge in [-0.1, -0.05) is 49.6 Å². The van der Waals surface area contributed by atoms with Gasteiger partial charge in [-0.3, -0.25) is 14.3 Å². The molecule has 3 aromatic rings. The van der Waals surface area contributed by atoms with Crippen LogP contribution in [-0.4, -0.2) is 39.1 Å². The van der Waals surface area contributed by atoms with Crippen molar-refractivity contribution in [1.29, 1.82) is 0 Å². The number of thiophene rings is 1. The van der Waals surface area contributed by atoms with Crippen LogP contribution in [0.3, 0.4) is 0 Å². The van der Waals surface area contributed by atoms with Crippen molar-refractivity contribution in [1.82, 2.24) is 20.0 Å². The second-order valence-corrected chi connectivity index (χ2v) is 10.6. The average Bonchev–Trinajstić information content (AvgIpc) is 3.46. The molecule has 1 aliphatic rings. The van der Waals surface area contributed by atoms with Crippen molar-refractivity contribution < 1.29 is 9.59 Å². The van der Waals surface area contributed by atoms with Crippen molar-refractivity contribution in [3.63, 3.8) is 0 Å². The molecule has 0 bridgehead atoms. The molecule has 1 atom stereocenters. The first kappa shape index (κ1) is 25.2. The van der Waals surface area contributed by atoms with E-state index in [-0.39, 0.29) is 24.3 Å². The molecule has 1 aliphatic carbocycles. The molecule has 2 heterocycles. The topological polar surface area (TPSA) is 67.2 Å². The lowest BCUT2D eigenvalue weighted by Gasteiger charge is -2.33. The molecule has 6 nitrogen and oxygen atoms in total. The summed E-state index contributed by atoms with van der Waals surface area (Å²) in [6, 6.07) is 11.6. The van der Waals surface area contributed by atoms with Crippen molar-refractivity contribution >= 4 is 23.2 Å². The van der Waals surface area contributed by atoms with Gasteiger partial charge in [0.15, 0.2) is 0 Å². The summed E-state index contributed by atoms with van der Waals surface area (Å²) in [5, 5.41) is 9.79. The Bertz CT molecular complexity index is 1130. The zero-order valence-electron chi connectivity index (χ0n) is 21.0. The molecule has 0 spiro atoms. The van der Waals surface area contributed by atoms with Gasteiger partial charge in [0.1, 0.15) is 6.04 Å². The maximum absolute atomic E-state index is 13.9. The van der Waals surface area contributed by atoms with Crippen molar-refractivity contribution in [2.24, 2.45) is 7.05 Å². The van der Waals surface area contributed by atoms with Crippen molar-refractivity contribution in [2.45, 2.75) is 70.9 Å². The number of rotatable bonds is 9. The third-order valence-corrected chi connectivity index (χ3v) is 7.84. The Balaban J connectivity index is 1.66. The predicted octanol–water partition coefficient (Wildman–Crippen LogP) is 4.90. The number of benzene rings is 1. The van der Waals surface area contributed by atoms with Gasteiger partial charge in [-0.15, -0.1) is 11.3 Å². The number of nitrogens with one attached hydrogen (secondary N) is 1. The van der Waals surface area contributed by atoms with Gasteiger partial charge in [-0.05, 0) is 55.7 Å². The highest BCUT2D eigenvalue weighted by molar-refractivity contribution is 7.10. The van der Waals surface area contributed by atoms with Crippen LogP contribution in [0.25, 0.3) is 0 Å². The molecule has 1 N–H and O–H groups in total. The number of aryl methyl sites for hydroxylation is 3. The molecule has 0 aliphatic heterocycles. The zero-order valence-corrected chi connectivity index (χ0v) is 21.8. The molecule has 186 valence electrons. The maximum Gasteiger partial charge on any atom is 0.247 e. The Kier molecular flexibility index (Phi) is 8.39. The van der Waals surface area contributed by atoms with Crippen LogP contribution in [-0.2, 0) is 29.5 Å². The molecule has 2 amide bonds. The lowest BCUT2D eigenvalue weighted by Crippen LogP contribution is -2.48. The summed E-state index contributed by atoms with van der Waals surface area (Å²) in [7, 11) is 1.86. The predicted molar refractivity (Wildman–Crippen MR) is 140 cm³/mol. The van der Waals surface area contributed by atoms with E-state index >= 15 is 0 Å². The summed E-state index contributed by atoms with van der Waals surface area (Å²) in [6.45, 7) is 4.47. The minimum atomic E-state index is -0.706. The summed E-state index contributed by atoms with van der Waals surface area (Å²) >= 11 is 1.57. The van der Waals surface area contributed by atoms with Crippen LogP contribution in [0.4, 0.5) is 0 Å². The molecule has 0 radical (unpaired) electrons. The third-order valence-electron chi connectivity index (χ3n) is 6.97. The van der Waals surface area contributed by atoms with Gasteiger partial charge in [0.05, 0.1) is 12.1 Å². The number of aromatic nitrogens is 2. The Morgan fingerprint density at radius 3 is 2.57 bits per heavy atom. The summed E-state index contributed by atoms with van der Waals surface area (Å²) in [6.07, 6.45) is 8.35.